The summed E-state index contributed by atoms with van der Waals surface area (Å²) in [7, 11) is 1.97. The van der Waals surface area contributed by atoms with Crippen LogP contribution in [0.25, 0.3) is 0 Å². The minimum absolute atomic E-state index is 0.754. The van der Waals surface area contributed by atoms with Crippen molar-refractivity contribution in [1.29, 1.82) is 0 Å². The predicted octanol–water partition coefficient (Wildman–Crippen LogP) is 3.11. The van der Waals surface area contributed by atoms with Crippen molar-refractivity contribution in [3.63, 3.8) is 0 Å². The van der Waals surface area contributed by atoms with Crippen LogP contribution >= 0.6 is 0 Å². The average molecular weight is 233 g/mol. The van der Waals surface area contributed by atoms with E-state index in [4.69, 9.17) is 4.74 Å². The second-order valence-corrected chi connectivity index (χ2v) is 4.99. The van der Waals surface area contributed by atoms with Gasteiger partial charge in [0.2, 0.25) is 0 Å². The van der Waals surface area contributed by atoms with Crippen LogP contribution in [0.4, 0.5) is 0 Å². The van der Waals surface area contributed by atoms with Crippen molar-refractivity contribution < 1.29 is 4.74 Å². The maximum Gasteiger partial charge on any atom is 0.0716 e. The summed E-state index contributed by atoms with van der Waals surface area (Å²) in [5, 5.41) is 3.17. The maximum absolute atomic E-state index is 5.74. The smallest absolute Gasteiger partial charge is 0.0716 e. The van der Waals surface area contributed by atoms with E-state index in [2.05, 4.69) is 29.6 Å². The van der Waals surface area contributed by atoms with Crippen LogP contribution < -0.4 is 5.32 Å². The highest BCUT2D eigenvalue weighted by Crippen LogP contribution is 2.29. The van der Waals surface area contributed by atoms with E-state index >= 15 is 0 Å². The lowest BCUT2D eigenvalue weighted by atomic mass is 9.83. The molecule has 0 spiro atoms. The average Bonchev–Trinajstić information content (AvgIpc) is 2.27. The molecule has 1 fully saturated rings. The third-order valence-electron chi connectivity index (χ3n) is 3.54. The lowest BCUT2D eigenvalue weighted by molar-refractivity contribution is 0.0949. The van der Waals surface area contributed by atoms with Gasteiger partial charge in [-0.2, -0.15) is 0 Å². The van der Waals surface area contributed by atoms with Crippen LogP contribution in [0.5, 0.6) is 0 Å². The first-order chi connectivity index (χ1) is 8.38. The fraction of sp³-hybridized carbons (Fsp3) is 0.600. The molecule has 2 heteroatoms. The minimum Gasteiger partial charge on any atom is -0.377 e. The second kappa shape index (κ2) is 6.77. The largest absolute Gasteiger partial charge is 0.377 e. The molecule has 0 saturated heterocycles. The van der Waals surface area contributed by atoms with Crippen LogP contribution in [-0.4, -0.2) is 13.7 Å². The molecule has 1 N–H and O–H groups in total. The van der Waals surface area contributed by atoms with Crippen molar-refractivity contribution in [2.24, 2.45) is 5.92 Å². The molecule has 1 aliphatic rings. The Morgan fingerprint density at radius 2 is 2.12 bits per heavy atom. The normalized spacial score (nSPS) is 15.8. The molecule has 0 radical (unpaired) electrons. The SMILES string of the molecule is CNCc1cccc(COCCC2CCC2)c1. The quantitative estimate of drug-likeness (QED) is 0.731. The van der Waals surface area contributed by atoms with Gasteiger partial charge >= 0.3 is 0 Å². The van der Waals surface area contributed by atoms with Crippen molar-refractivity contribution in [3.05, 3.63) is 35.4 Å². The van der Waals surface area contributed by atoms with Gasteiger partial charge < -0.3 is 10.1 Å². The number of hydrogen-bond acceptors (Lipinski definition) is 2. The zero-order valence-electron chi connectivity index (χ0n) is 10.7. The molecule has 17 heavy (non-hydrogen) atoms. The third-order valence-corrected chi connectivity index (χ3v) is 3.54. The van der Waals surface area contributed by atoms with Gasteiger partial charge in [0.25, 0.3) is 0 Å². The van der Waals surface area contributed by atoms with Crippen molar-refractivity contribution >= 4 is 0 Å². The zero-order chi connectivity index (χ0) is 11.9. The monoisotopic (exact) mass is 233 g/mol. The van der Waals surface area contributed by atoms with E-state index in [0.29, 0.717) is 0 Å². The summed E-state index contributed by atoms with van der Waals surface area (Å²) in [6.07, 6.45) is 5.51. The Bertz CT molecular complexity index is 333. The van der Waals surface area contributed by atoms with Crippen LogP contribution in [-0.2, 0) is 17.9 Å². The van der Waals surface area contributed by atoms with E-state index in [-0.39, 0.29) is 0 Å². The Morgan fingerprint density at radius 3 is 2.82 bits per heavy atom. The molecule has 0 aromatic heterocycles. The molecule has 0 atom stereocenters. The summed E-state index contributed by atoms with van der Waals surface area (Å²) >= 11 is 0. The van der Waals surface area contributed by atoms with Gasteiger partial charge in [-0.1, -0.05) is 43.5 Å². The van der Waals surface area contributed by atoms with Crippen molar-refractivity contribution in [1.82, 2.24) is 5.32 Å². The van der Waals surface area contributed by atoms with Gasteiger partial charge in [-0.05, 0) is 30.5 Å². The Balaban J connectivity index is 1.68. The fourth-order valence-electron chi connectivity index (χ4n) is 2.26. The van der Waals surface area contributed by atoms with Gasteiger partial charge in [-0.3, -0.25) is 0 Å². The second-order valence-electron chi connectivity index (χ2n) is 4.99. The standard InChI is InChI=1S/C15H23NO/c1-16-11-14-6-3-7-15(10-14)12-17-9-8-13-4-2-5-13/h3,6-7,10,13,16H,2,4-5,8-9,11-12H2,1H3. The van der Waals surface area contributed by atoms with Crippen LogP contribution in [0, 0.1) is 5.92 Å². The minimum atomic E-state index is 0.754. The highest BCUT2D eigenvalue weighted by atomic mass is 16.5. The summed E-state index contributed by atoms with van der Waals surface area (Å²) < 4.78 is 5.74. The Hall–Kier alpha value is -0.860. The molecule has 0 heterocycles. The van der Waals surface area contributed by atoms with Crippen molar-refractivity contribution in [3.8, 4) is 0 Å². The topological polar surface area (TPSA) is 21.3 Å². The molecular weight excluding hydrogens is 210 g/mol. The molecular formula is C15H23NO. The number of hydrogen-bond donors (Lipinski definition) is 1. The van der Waals surface area contributed by atoms with Crippen LogP contribution in [0.3, 0.4) is 0 Å². The molecule has 0 bridgehead atoms. The predicted molar refractivity (Wildman–Crippen MR) is 70.8 cm³/mol. The van der Waals surface area contributed by atoms with Gasteiger partial charge in [-0.25, -0.2) is 0 Å². The highest BCUT2D eigenvalue weighted by molar-refractivity contribution is 5.22. The Kier molecular flexibility index (Phi) is 5.02. The van der Waals surface area contributed by atoms with E-state index in [9.17, 15) is 0 Å². The van der Waals surface area contributed by atoms with Crippen molar-refractivity contribution in [2.45, 2.75) is 38.8 Å². The van der Waals surface area contributed by atoms with E-state index in [1.807, 2.05) is 7.05 Å². The zero-order valence-corrected chi connectivity index (χ0v) is 10.7. The third kappa shape index (κ3) is 4.14. The first kappa shape index (κ1) is 12.6. The summed E-state index contributed by atoms with van der Waals surface area (Å²) in [4.78, 5) is 0. The first-order valence-corrected chi connectivity index (χ1v) is 6.68. The molecule has 0 unspecified atom stereocenters. The highest BCUT2D eigenvalue weighted by Gasteiger charge is 2.16. The summed E-state index contributed by atoms with van der Waals surface area (Å²) in [5.74, 6) is 0.950. The van der Waals surface area contributed by atoms with E-state index < -0.39 is 0 Å². The molecule has 94 valence electrons. The number of rotatable bonds is 7. The van der Waals surface area contributed by atoms with Crippen molar-refractivity contribution in [2.75, 3.05) is 13.7 Å². The summed E-state index contributed by atoms with van der Waals surface area (Å²) in [5.41, 5.74) is 2.61. The summed E-state index contributed by atoms with van der Waals surface area (Å²) in [6, 6.07) is 8.62. The van der Waals surface area contributed by atoms with E-state index in [1.54, 1.807) is 0 Å². The van der Waals surface area contributed by atoms with Crippen LogP contribution in [0.2, 0.25) is 0 Å². The van der Waals surface area contributed by atoms with Crippen LogP contribution in [0.15, 0.2) is 24.3 Å². The molecule has 1 aromatic rings. The molecule has 1 aliphatic carbocycles. The Labute approximate surface area is 104 Å². The van der Waals surface area contributed by atoms with E-state index in [0.717, 1.165) is 25.7 Å². The molecule has 2 nitrogen and oxygen atoms in total. The number of benzene rings is 1. The lowest BCUT2D eigenvalue weighted by Crippen LogP contribution is -2.13. The molecule has 2 rings (SSSR count). The van der Waals surface area contributed by atoms with Gasteiger partial charge in [-0.15, -0.1) is 0 Å². The van der Waals surface area contributed by atoms with Gasteiger partial charge in [0.1, 0.15) is 0 Å². The maximum atomic E-state index is 5.74. The Morgan fingerprint density at radius 1 is 1.29 bits per heavy atom. The van der Waals surface area contributed by atoms with E-state index in [1.165, 1.54) is 36.8 Å². The molecule has 0 aliphatic heterocycles. The lowest BCUT2D eigenvalue weighted by Gasteiger charge is -2.24. The molecule has 1 aromatic carbocycles. The van der Waals surface area contributed by atoms with Gasteiger partial charge in [0, 0.05) is 13.2 Å². The van der Waals surface area contributed by atoms with Gasteiger partial charge in [0.05, 0.1) is 6.61 Å². The molecule has 0 amide bonds. The van der Waals surface area contributed by atoms with Gasteiger partial charge in [0.15, 0.2) is 0 Å². The number of nitrogens with one attached hydrogen (secondary N) is 1. The van der Waals surface area contributed by atoms with Crippen LogP contribution in [0.1, 0.15) is 36.8 Å². The fourth-order valence-corrected chi connectivity index (χ4v) is 2.26. The molecule has 1 saturated carbocycles. The summed E-state index contributed by atoms with van der Waals surface area (Å²) in [6.45, 7) is 2.60. The number of ether oxygens (including phenoxy) is 1. The first-order valence-electron chi connectivity index (χ1n) is 6.68.